The van der Waals surface area contributed by atoms with Gasteiger partial charge in [-0.05, 0) is 62.8 Å². The molecule has 5 nitrogen and oxygen atoms in total. The fourth-order valence-corrected chi connectivity index (χ4v) is 4.44. The summed E-state index contributed by atoms with van der Waals surface area (Å²) < 4.78 is 68.2. The number of hydrogen-bond donors (Lipinski definition) is 1. The minimum atomic E-state index is -4.49. The van der Waals surface area contributed by atoms with Crippen LogP contribution >= 0.6 is 0 Å². The molecule has 0 fully saturated rings. The Morgan fingerprint density at radius 1 is 1.15 bits per heavy atom. The minimum absolute atomic E-state index is 0.0271. The zero-order valence-electron chi connectivity index (χ0n) is 15.2. The van der Waals surface area contributed by atoms with Gasteiger partial charge in [0.15, 0.2) is 5.69 Å². The van der Waals surface area contributed by atoms with Crippen molar-refractivity contribution in [1.82, 2.24) is 14.5 Å². The van der Waals surface area contributed by atoms with Crippen molar-refractivity contribution in [1.29, 1.82) is 0 Å². The van der Waals surface area contributed by atoms with E-state index in [9.17, 15) is 21.6 Å². The van der Waals surface area contributed by atoms with Crippen molar-refractivity contribution in [2.24, 2.45) is 0 Å². The van der Waals surface area contributed by atoms with Crippen LogP contribution in [0.2, 0.25) is 0 Å². The number of aromatic nitrogens is 2. The monoisotopic (exact) mass is 401 g/mol. The van der Waals surface area contributed by atoms with Gasteiger partial charge in [-0.1, -0.05) is 6.07 Å². The molecular formula is C18H22F3N3O2S. The second-order valence-electron chi connectivity index (χ2n) is 6.85. The third kappa shape index (κ3) is 4.19. The highest BCUT2D eigenvalue weighted by atomic mass is 32.2. The number of aryl methyl sites for hydroxylation is 2. The van der Waals surface area contributed by atoms with Crippen molar-refractivity contribution in [2.75, 3.05) is 6.54 Å². The lowest BCUT2D eigenvalue weighted by Crippen LogP contribution is -2.28. The van der Waals surface area contributed by atoms with E-state index in [1.807, 2.05) is 13.8 Å². The predicted molar refractivity (Wildman–Crippen MR) is 95.0 cm³/mol. The molecule has 3 rings (SSSR count). The summed E-state index contributed by atoms with van der Waals surface area (Å²) in [5.41, 5.74) is 1.82. The van der Waals surface area contributed by atoms with Gasteiger partial charge in [-0.15, -0.1) is 0 Å². The fraction of sp³-hybridized carbons (Fsp3) is 0.500. The average Bonchev–Trinajstić information content (AvgIpc) is 2.96. The van der Waals surface area contributed by atoms with Crippen LogP contribution < -0.4 is 4.72 Å². The highest BCUT2D eigenvalue weighted by Gasteiger charge is 2.39. The van der Waals surface area contributed by atoms with Gasteiger partial charge in [0.1, 0.15) is 0 Å². The molecule has 0 saturated carbocycles. The molecular weight excluding hydrogens is 379 g/mol. The lowest BCUT2D eigenvalue weighted by Gasteiger charge is -2.15. The summed E-state index contributed by atoms with van der Waals surface area (Å²) in [7, 11) is -3.73. The Balaban J connectivity index is 1.75. The Morgan fingerprint density at radius 2 is 1.85 bits per heavy atom. The summed E-state index contributed by atoms with van der Waals surface area (Å²) in [6.45, 7) is 3.74. The maximum Gasteiger partial charge on any atom is 0.435 e. The van der Waals surface area contributed by atoms with Crippen molar-refractivity contribution in [3.63, 3.8) is 0 Å². The van der Waals surface area contributed by atoms with E-state index in [1.165, 1.54) is 10.7 Å². The molecule has 9 heteroatoms. The van der Waals surface area contributed by atoms with Gasteiger partial charge >= 0.3 is 6.18 Å². The molecule has 1 aromatic carbocycles. The largest absolute Gasteiger partial charge is 0.435 e. The van der Waals surface area contributed by atoms with E-state index in [1.54, 1.807) is 12.1 Å². The Bertz CT molecular complexity index is 949. The van der Waals surface area contributed by atoms with Crippen LogP contribution in [0.25, 0.3) is 0 Å². The molecule has 0 atom stereocenters. The van der Waals surface area contributed by atoms with Crippen molar-refractivity contribution in [3.8, 4) is 0 Å². The topological polar surface area (TPSA) is 64.0 Å². The molecule has 27 heavy (non-hydrogen) atoms. The first-order chi connectivity index (χ1) is 12.6. The van der Waals surface area contributed by atoms with Crippen LogP contribution in [0.3, 0.4) is 0 Å². The van der Waals surface area contributed by atoms with E-state index in [0.29, 0.717) is 25.0 Å². The standard InChI is InChI=1S/C18H22F3N3O2S/c1-12-7-8-14(11-13(12)2)27(25,26)22-9-10-24-16-6-4-3-5-15(16)17(23-24)18(19,20)21/h7-8,11,22H,3-6,9-10H2,1-2H3. The Kier molecular flexibility index (Phi) is 5.36. The Morgan fingerprint density at radius 3 is 2.52 bits per heavy atom. The third-order valence-electron chi connectivity index (χ3n) is 4.93. The second kappa shape index (κ2) is 7.27. The van der Waals surface area contributed by atoms with Crippen LogP contribution in [0.5, 0.6) is 0 Å². The maximum atomic E-state index is 13.2. The zero-order valence-corrected chi connectivity index (χ0v) is 16.0. The molecule has 2 aromatic rings. The molecule has 1 aliphatic rings. The maximum absolute atomic E-state index is 13.2. The van der Waals surface area contributed by atoms with Gasteiger partial charge in [-0.3, -0.25) is 4.68 Å². The summed E-state index contributed by atoms with van der Waals surface area (Å²) in [5.74, 6) is 0. The summed E-state index contributed by atoms with van der Waals surface area (Å²) in [6, 6.07) is 4.82. The number of nitrogens with zero attached hydrogens (tertiary/aromatic N) is 2. The van der Waals surface area contributed by atoms with E-state index >= 15 is 0 Å². The van der Waals surface area contributed by atoms with E-state index in [0.717, 1.165) is 17.5 Å². The molecule has 0 bridgehead atoms. The van der Waals surface area contributed by atoms with E-state index in [-0.39, 0.29) is 23.5 Å². The van der Waals surface area contributed by atoms with Crippen molar-refractivity contribution in [3.05, 3.63) is 46.3 Å². The third-order valence-corrected chi connectivity index (χ3v) is 6.39. The van der Waals surface area contributed by atoms with Crippen LogP contribution in [-0.4, -0.2) is 24.7 Å². The molecule has 0 spiro atoms. The molecule has 1 N–H and O–H groups in total. The van der Waals surface area contributed by atoms with Gasteiger partial charge in [-0.2, -0.15) is 18.3 Å². The highest BCUT2D eigenvalue weighted by molar-refractivity contribution is 7.89. The summed E-state index contributed by atoms with van der Waals surface area (Å²) in [6.07, 6.45) is -2.09. The predicted octanol–water partition coefficient (Wildman–Crippen LogP) is 3.38. The molecule has 0 saturated heterocycles. The molecule has 1 heterocycles. The van der Waals surface area contributed by atoms with Crippen LogP contribution in [0.1, 0.15) is 40.9 Å². The normalized spacial score (nSPS) is 15.0. The van der Waals surface area contributed by atoms with E-state index < -0.39 is 21.9 Å². The van der Waals surface area contributed by atoms with Crippen LogP contribution in [0.4, 0.5) is 13.2 Å². The van der Waals surface area contributed by atoms with Gasteiger partial charge in [0.25, 0.3) is 0 Å². The lowest BCUT2D eigenvalue weighted by molar-refractivity contribution is -0.142. The number of nitrogens with one attached hydrogen (secondary N) is 1. The summed E-state index contributed by atoms with van der Waals surface area (Å²) in [5, 5.41) is 3.74. The van der Waals surface area contributed by atoms with E-state index in [2.05, 4.69) is 9.82 Å². The van der Waals surface area contributed by atoms with Crippen LogP contribution in [0.15, 0.2) is 23.1 Å². The van der Waals surface area contributed by atoms with E-state index in [4.69, 9.17) is 0 Å². The lowest BCUT2D eigenvalue weighted by atomic mass is 9.95. The smallest absolute Gasteiger partial charge is 0.267 e. The molecule has 0 amide bonds. The number of halogens is 3. The highest BCUT2D eigenvalue weighted by Crippen LogP contribution is 2.35. The first-order valence-electron chi connectivity index (χ1n) is 8.82. The van der Waals surface area contributed by atoms with Crippen molar-refractivity contribution >= 4 is 10.0 Å². The number of alkyl halides is 3. The van der Waals surface area contributed by atoms with Crippen LogP contribution in [0, 0.1) is 13.8 Å². The first-order valence-corrected chi connectivity index (χ1v) is 10.3. The first kappa shape index (κ1) is 19.9. The SMILES string of the molecule is Cc1ccc(S(=O)(=O)NCCn2nc(C(F)(F)F)c3c2CCCC3)cc1C. The average molecular weight is 401 g/mol. The number of hydrogen-bond acceptors (Lipinski definition) is 3. The number of fused-ring (bicyclic) bond motifs is 1. The Hall–Kier alpha value is -1.87. The van der Waals surface area contributed by atoms with Crippen molar-refractivity contribution < 1.29 is 21.6 Å². The summed E-state index contributed by atoms with van der Waals surface area (Å²) >= 11 is 0. The second-order valence-corrected chi connectivity index (χ2v) is 8.61. The quantitative estimate of drug-likeness (QED) is 0.836. The molecule has 148 valence electrons. The molecule has 0 unspecified atom stereocenters. The van der Waals surface area contributed by atoms with Gasteiger partial charge in [0.05, 0.1) is 11.4 Å². The van der Waals surface area contributed by atoms with Gasteiger partial charge < -0.3 is 0 Å². The summed E-state index contributed by atoms with van der Waals surface area (Å²) in [4.78, 5) is 0.143. The molecule has 1 aromatic heterocycles. The Labute approximate surface area is 156 Å². The van der Waals surface area contributed by atoms with Crippen LogP contribution in [-0.2, 0) is 35.6 Å². The molecule has 0 radical (unpaired) electrons. The van der Waals surface area contributed by atoms with Gasteiger partial charge in [0.2, 0.25) is 10.0 Å². The van der Waals surface area contributed by atoms with Crippen molar-refractivity contribution in [2.45, 2.75) is 57.1 Å². The molecule has 1 aliphatic carbocycles. The zero-order chi connectivity index (χ0) is 19.8. The number of sulfonamides is 1. The number of rotatable bonds is 5. The minimum Gasteiger partial charge on any atom is -0.267 e. The molecule has 0 aliphatic heterocycles. The van der Waals surface area contributed by atoms with Gasteiger partial charge in [0, 0.05) is 17.8 Å². The van der Waals surface area contributed by atoms with Gasteiger partial charge in [-0.25, -0.2) is 13.1 Å². The fourth-order valence-electron chi connectivity index (χ4n) is 3.33. The number of benzene rings is 1.